The molecule has 4 rings (SSSR count). The van der Waals surface area contributed by atoms with Crippen molar-refractivity contribution in [2.24, 2.45) is 0 Å². The number of aromatic nitrogens is 3. The van der Waals surface area contributed by atoms with Gasteiger partial charge in [0.2, 0.25) is 0 Å². The number of carbonyl (C=O) groups excluding carboxylic acids is 1. The molecule has 0 radical (unpaired) electrons. The minimum absolute atomic E-state index is 0.168. The highest BCUT2D eigenvalue weighted by atomic mass is 32.1. The molecule has 0 spiro atoms. The SMILES string of the molecule is Cc1cccc(C(=O)NCCn2nc(-c3sc(-c4ccccc4)nc3C)ccc2=O)c1. The van der Waals surface area contributed by atoms with E-state index in [4.69, 9.17) is 0 Å². The Morgan fingerprint density at radius 2 is 1.84 bits per heavy atom. The van der Waals surface area contributed by atoms with Crippen molar-refractivity contribution in [3.63, 3.8) is 0 Å². The van der Waals surface area contributed by atoms with Crippen LogP contribution in [0.15, 0.2) is 71.5 Å². The van der Waals surface area contributed by atoms with Gasteiger partial charge in [-0.3, -0.25) is 9.59 Å². The van der Waals surface area contributed by atoms with Crippen molar-refractivity contribution in [2.75, 3.05) is 6.54 Å². The Kier molecular flexibility index (Phi) is 6.04. The zero-order valence-corrected chi connectivity index (χ0v) is 18.1. The Bertz CT molecular complexity index is 1280. The molecule has 156 valence electrons. The van der Waals surface area contributed by atoms with E-state index < -0.39 is 0 Å². The van der Waals surface area contributed by atoms with Gasteiger partial charge in [0, 0.05) is 23.7 Å². The van der Waals surface area contributed by atoms with Crippen LogP contribution < -0.4 is 10.9 Å². The Morgan fingerprint density at radius 1 is 1.03 bits per heavy atom. The second kappa shape index (κ2) is 9.06. The summed E-state index contributed by atoms with van der Waals surface area (Å²) in [6.07, 6.45) is 0. The molecule has 0 saturated heterocycles. The van der Waals surface area contributed by atoms with Crippen LogP contribution in [0.2, 0.25) is 0 Å². The first-order chi connectivity index (χ1) is 15.0. The fourth-order valence-corrected chi connectivity index (χ4v) is 4.27. The van der Waals surface area contributed by atoms with Crippen LogP contribution in [0.1, 0.15) is 21.6 Å². The number of nitrogens with zero attached hydrogens (tertiary/aromatic N) is 3. The summed E-state index contributed by atoms with van der Waals surface area (Å²) in [4.78, 5) is 30.2. The molecular weight excluding hydrogens is 408 g/mol. The lowest BCUT2D eigenvalue weighted by atomic mass is 10.1. The molecule has 4 aromatic rings. The number of aryl methyl sites for hydroxylation is 2. The third kappa shape index (κ3) is 4.78. The highest BCUT2D eigenvalue weighted by molar-refractivity contribution is 7.18. The number of benzene rings is 2. The van der Waals surface area contributed by atoms with Gasteiger partial charge in [0.05, 0.1) is 17.1 Å². The summed E-state index contributed by atoms with van der Waals surface area (Å²) < 4.78 is 1.38. The van der Waals surface area contributed by atoms with Gasteiger partial charge in [0.15, 0.2) is 0 Å². The van der Waals surface area contributed by atoms with Gasteiger partial charge >= 0.3 is 0 Å². The molecule has 1 N–H and O–H groups in total. The normalized spacial score (nSPS) is 10.8. The van der Waals surface area contributed by atoms with E-state index in [1.54, 1.807) is 23.5 Å². The predicted molar refractivity (Wildman–Crippen MR) is 123 cm³/mol. The molecule has 1 amide bonds. The number of rotatable bonds is 6. The van der Waals surface area contributed by atoms with Crippen LogP contribution in [0, 0.1) is 13.8 Å². The lowest BCUT2D eigenvalue weighted by Gasteiger charge is -2.08. The summed E-state index contributed by atoms with van der Waals surface area (Å²) in [5, 5.41) is 8.28. The number of hydrogen-bond acceptors (Lipinski definition) is 5. The molecule has 2 heterocycles. The Hall–Kier alpha value is -3.58. The summed E-state index contributed by atoms with van der Waals surface area (Å²) in [5.41, 5.74) is 4.03. The van der Waals surface area contributed by atoms with Crippen molar-refractivity contribution >= 4 is 17.2 Å². The zero-order chi connectivity index (χ0) is 21.8. The number of nitrogens with one attached hydrogen (secondary N) is 1. The van der Waals surface area contributed by atoms with Crippen LogP contribution in [-0.2, 0) is 6.54 Å². The molecule has 7 heteroatoms. The van der Waals surface area contributed by atoms with E-state index in [1.165, 1.54) is 10.7 Å². The maximum Gasteiger partial charge on any atom is 0.266 e. The van der Waals surface area contributed by atoms with Crippen molar-refractivity contribution in [3.8, 4) is 21.1 Å². The average Bonchev–Trinajstić information content (AvgIpc) is 3.17. The third-order valence-electron chi connectivity index (χ3n) is 4.81. The Labute approximate surface area is 184 Å². The molecule has 0 bridgehead atoms. The number of hydrogen-bond donors (Lipinski definition) is 1. The van der Waals surface area contributed by atoms with Gasteiger partial charge in [0.1, 0.15) is 10.7 Å². The first-order valence-corrected chi connectivity index (χ1v) is 10.8. The second-order valence-electron chi connectivity index (χ2n) is 7.20. The topological polar surface area (TPSA) is 76.9 Å². The molecule has 0 atom stereocenters. The van der Waals surface area contributed by atoms with Gasteiger partial charge in [0.25, 0.3) is 11.5 Å². The maximum absolute atomic E-state index is 12.3. The maximum atomic E-state index is 12.3. The predicted octanol–water partition coefficient (Wildman–Crippen LogP) is 4.08. The highest BCUT2D eigenvalue weighted by Crippen LogP contribution is 2.33. The molecule has 0 fully saturated rings. The first kappa shape index (κ1) is 20.7. The van der Waals surface area contributed by atoms with E-state index in [1.807, 2.05) is 62.4 Å². The van der Waals surface area contributed by atoms with E-state index in [0.717, 1.165) is 26.7 Å². The summed E-state index contributed by atoms with van der Waals surface area (Å²) in [5.74, 6) is -0.168. The minimum atomic E-state index is -0.209. The molecule has 2 aromatic carbocycles. The van der Waals surface area contributed by atoms with Gasteiger partial charge in [-0.2, -0.15) is 5.10 Å². The van der Waals surface area contributed by atoms with Crippen molar-refractivity contribution < 1.29 is 4.79 Å². The van der Waals surface area contributed by atoms with E-state index in [-0.39, 0.29) is 18.0 Å². The summed E-state index contributed by atoms with van der Waals surface area (Å²) in [6.45, 7) is 4.47. The standard InChI is InChI=1S/C24H22N4O2S/c1-16-7-6-10-19(15-16)23(30)25-13-14-28-21(29)12-11-20(27-28)22-17(2)26-24(31-22)18-8-4-3-5-9-18/h3-12,15H,13-14H2,1-2H3,(H,25,30). The monoisotopic (exact) mass is 430 g/mol. The molecule has 6 nitrogen and oxygen atoms in total. The second-order valence-corrected chi connectivity index (χ2v) is 8.20. The van der Waals surface area contributed by atoms with Crippen molar-refractivity contribution in [1.82, 2.24) is 20.1 Å². The molecule has 31 heavy (non-hydrogen) atoms. The van der Waals surface area contributed by atoms with Crippen LogP contribution in [-0.4, -0.2) is 27.2 Å². The summed E-state index contributed by atoms with van der Waals surface area (Å²) >= 11 is 1.55. The molecule has 0 unspecified atom stereocenters. The zero-order valence-electron chi connectivity index (χ0n) is 17.3. The van der Waals surface area contributed by atoms with Gasteiger partial charge in [-0.1, -0.05) is 48.0 Å². The quantitative estimate of drug-likeness (QED) is 0.500. The van der Waals surface area contributed by atoms with Crippen LogP contribution in [0.4, 0.5) is 0 Å². The fourth-order valence-electron chi connectivity index (χ4n) is 3.23. The van der Waals surface area contributed by atoms with E-state index in [9.17, 15) is 9.59 Å². The Balaban J connectivity index is 1.50. The molecule has 2 aromatic heterocycles. The Morgan fingerprint density at radius 3 is 2.61 bits per heavy atom. The van der Waals surface area contributed by atoms with Gasteiger partial charge in [-0.25, -0.2) is 9.67 Å². The van der Waals surface area contributed by atoms with Gasteiger partial charge < -0.3 is 5.32 Å². The first-order valence-electron chi connectivity index (χ1n) is 9.97. The van der Waals surface area contributed by atoms with E-state index in [2.05, 4.69) is 15.4 Å². The average molecular weight is 431 g/mol. The molecule has 0 aliphatic carbocycles. The largest absolute Gasteiger partial charge is 0.350 e. The number of thiazole rings is 1. The highest BCUT2D eigenvalue weighted by Gasteiger charge is 2.14. The van der Waals surface area contributed by atoms with Gasteiger partial charge in [-0.15, -0.1) is 11.3 Å². The van der Waals surface area contributed by atoms with Crippen LogP contribution >= 0.6 is 11.3 Å². The number of carbonyl (C=O) groups is 1. The smallest absolute Gasteiger partial charge is 0.266 e. The van der Waals surface area contributed by atoms with Crippen molar-refractivity contribution in [2.45, 2.75) is 20.4 Å². The summed E-state index contributed by atoms with van der Waals surface area (Å²) in [7, 11) is 0. The van der Waals surface area contributed by atoms with Crippen LogP contribution in [0.3, 0.4) is 0 Å². The van der Waals surface area contributed by atoms with E-state index in [0.29, 0.717) is 17.8 Å². The molecule has 0 aliphatic rings. The molecule has 0 aliphatic heterocycles. The van der Waals surface area contributed by atoms with E-state index >= 15 is 0 Å². The fraction of sp³-hybridized carbons (Fsp3) is 0.167. The van der Waals surface area contributed by atoms with Crippen LogP contribution in [0.5, 0.6) is 0 Å². The van der Waals surface area contributed by atoms with Crippen molar-refractivity contribution in [3.05, 3.63) is 93.9 Å². The van der Waals surface area contributed by atoms with Gasteiger partial charge in [-0.05, 0) is 32.0 Å². The summed E-state index contributed by atoms with van der Waals surface area (Å²) in [6, 6.07) is 20.6. The van der Waals surface area contributed by atoms with Crippen LogP contribution in [0.25, 0.3) is 21.1 Å². The lowest BCUT2D eigenvalue weighted by molar-refractivity contribution is 0.0951. The minimum Gasteiger partial charge on any atom is -0.350 e. The molecule has 0 saturated carbocycles. The number of amides is 1. The third-order valence-corrected chi connectivity index (χ3v) is 6.04. The molecular formula is C24H22N4O2S. The lowest BCUT2D eigenvalue weighted by Crippen LogP contribution is -2.31. The van der Waals surface area contributed by atoms with Crippen molar-refractivity contribution in [1.29, 1.82) is 0 Å².